The van der Waals surface area contributed by atoms with Crippen LogP contribution in [0.4, 0.5) is 13.2 Å². The molecule has 0 aromatic carbocycles. The Morgan fingerprint density at radius 1 is 1.42 bits per heavy atom. The molecule has 0 N–H and O–H groups in total. The van der Waals surface area contributed by atoms with Crippen LogP contribution in [-0.4, -0.2) is 4.98 Å². The van der Waals surface area contributed by atoms with Crippen molar-refractivity contribution in [2.45, 2.75) is 6.43 Å². The lowest BCUT2D eigenvalue weighted by Gasteiger charge is -1.99. The van der Waals surface area contributed by atoms with E-state index in [4.69, 9.17) is 5.26 Å². The van der Waals surface area contributed by atoms with Crippen molar-refractivity contribution in [2.75, 3.05) is 0 Å². The van der Waals surface area contributed by atoms with Crippen molar-refractivity contribution in [3.63, 3.8) is 0 Å². The summed E-state index contributed by atoms with van der Waals surface area (Å²) in [7, 11) is 0. The molecule has 0 bridgehead atoms. The molecular formula is C7H3F3N2. The Kier molecular flexibility index (Phi) is 2.29. The van der Waals surface area contributed by atoms with Gasteiger partial charge in [0.1, 0.15) is 17.5 Å². The highest BCUT2D eigenvalue weighted by molar-refractivity contribution is 5.23. The van der Waals surface area contributed by atoms with E-state index in [9.17, 15) is 13.2 Å². The molecule has 0 fully saturated rings. The molecule has 0 unspecified atom stereocenters. The summed E-state index contributed by atoms with van der Waals surface area (Å²) in [6.07, 6.45) is -2.99. The number of nitriles is 1. The van der Waals surface area contributed by atoms with Crippen LogP contribution in [0.2, 0.25) is 0 Å². The molecule has 5 heteroatoms. The number of halogens is 3. The molecule has 1 heterocycles. The Bertz CT molecular complexity index is 330. The highest BCUT2D eigenvalue weighted by Crippen LogP contribution is 2.19. The van der Waals surface area contributed by atoms with Crippen LogP contribution >= 0.6 is 0 Å². The maximum atomic E-state index is 12.5. The van der Waals surface area contributed by atoms with E-state index >= 15 is 0 Å². The van der Waals surface area contributed by atoms with Gasteiger partial charge in [-0.3, -0.25) is 0 Å². The van der Waals surface area contributed by atoms with Crippen molar-refractivity contribution < 1.29 is 13.2 Å². The number of aromatic nitrogens is 1. The highest BCUT2D eigenvalue weighted by atomic mass is 19.3. The van der Waals surface area contributed by atoms with E-state index in [0.717, 1.165) is 12.1 Å². The van der Waals surface area contributed by atoms with Gasteiger partial charge in [0.25, 0.3) is 6.43 Å². The zero-order valence-corrected chi connectivity index (χ0v) is 5.76. The minimum absolute atomic E-state index is 0.216. The minimum atomic E-state index is -2.99. The van der Waals surface area contributed by atoms with Crippen molar-refractivity contribution in [3.8, 4) is 6.07 Å². The Balaban J connectivity index is 3.19. The first-order valence-electron chi connectivity index (χ1n) is 3.00. The van der Waals surface area contributed by atoms with E-state index in [-0.39, 0.29) is 5.69 Å². The number of pyridine rings is 1. The van der Waals surface area contributed by atoms with Gasteiger partial charge in [-0.2, -0.15) is 5.26 Å². The van der Waals surface area contributed by atoms with Gasteiger partial charge in [0.2, 0.25) is 0 Å². The minimum Gasteiger partial charge on any atom is -0.233 e. The summed E-state index contributed by atoms with van der Waals surface area (Å²) in [5, 5.41) is 8.25. The molecule has 2 nitrogen and oxygen atoms in total. The first-order valence-corrected chi connectivity index (χ1v) is 3.00. The Morgan fingerprint density at radius 2 is 2.08 bits per heavy atom. The molecule has 1 aromatic heterocycles. The van der Waals surface area contributed by atoms with Gasteiger partial charge < -0.3 is 0 Å². The summed E-state index contributed by atoms with van der Waals surface area (Å²) >= 11 is 0. The fourth-order valence-corrected chi connectivity index (χ4v) is 0.673. The van der Waals surface area contributed by atoms with Crippen LogP contribution < -0.4 is 0 Å². The normalized spacial score (nSPS) is 9.92. The summed E-state index contributed by atoms with van der Waals surface area (Å²) in [6, 6.07) is 3.38. The topological polar surface area (TPSA) is 36.7 Å². The molecule has 0 spiro atoms. The number of rotatable bonds is 1. The third-order valence-corrected chi connectivity index (χ3v) is 1.19. The van der Waals surface area contributed by atoms with Gasteiger partial charge in [0.15, 0.2) is 5.82 Å². The van der Waals surface area contributed by atoms with Crippen LogP contribution in [0.5, 0.6) is 0 Å². The van der Waals surface area contributed by atoms with Gasteiger partial charge in [-0.1, -0.05) is 0 Å². The molecule has 0 aliphatic carbocycles. The predicted octanol–water partition coefficient (Wildman–Crippen LogP) is 2.03. The summed E-state index contributed by atoms with van der Waals surface area (Å²) in [5.41, 5.74) is -1.19. The van der Waals surface area contributed by atoms with Crippen molar-refractivity contribution >= 4 is 0 Å². The second-order valence-corrected chi connectivity index (χ2v) is 1.98. The average molecular weight is 172 g/mol. The number of alkyl halides is 2. The van der Waals surface area contributed by atoms with E-state index < -0.39 is 17.9 Å². The molecule has 0 saturated carbocycles. The lowest BCUT2D eigenvalue weighted by molar-refractivity contribution is 0.140. The number of hydrogen-bond donors (Lipinski definition) is 0. The van der Waals surface area contributed by atoms with E-state index in [1.54, 1.807) is 0 Å². The molecular weight excluding hydrogens is 169 g/mol. The summed E-state index contributed by atoms with van der Waals surface area (Å²) in [5.74, 6) is -1.09. The molecule has 0 aliphatic rings. The predicted molar refractivity (Wildman–Crippen MR) is 33.9 cm³/mol. The van der Waals surface area contributed by atoms with Crippen LogP contribution in [0.25, 0.3) is 0 Å². The molecule has 0 atom stereocenters. The molecule has 12 heavy (non-hydrogen) atoms. The van der Waals surface area contributed by atoms with E-state index in [1.807, 2.05) is 0 Å². The van der Waals surface area contributed by atoms with Crippen LogP contribution in [0.1, 0.15) is 17.8 Å². The maximum Gasteiger partial charge on any atom is 0.283 e. The van der Waals surface area contributed by atoms with Crippen LogP contribution in [-0.2, 0) is 0 Å². The third kappa shape index (κ3) is 1.53. The number of hydrogen-bond acceptors (Lipinski definition) is 2. The summed E-state index contributed by atoms with van der Waals surface area (Å²) < 4.78 is 36.4. The fourth-order valence-electron chi connectivity index (χ4n) is 0.673. The molecule has 1 rings (SSSR count). The summed E-state index contributed by atoms with van der Waals surface area (Å²) in [6.45, 7) is 0. The second-order valence-electron chi connectivity index (χ2n) is 1.98. The Hall–Kier alpha value is -1.57. The maximum absolute atomic E-state index is 12.5. The first kappa shape index (κ1) is 8.53. The van der Waals surface area contributed by atoms with Gasteiger partial charge in [-0.15, -0.1) is 0 Å². The molecule has 0 amide bonds. The van der Waals surface area contributed by atoms with Crippen LogP contribution in [0, 0.1) is 17.1 Å². The van der Waals surface area contributed by atoms with Gasteiger partial charge in [-0.25, -0.2) is 18.2 Å². The highest BCUT2D eigenvalue weighted by Gasteiger charge is 2.15. The molecule has 1 aromatic rings. The molecule has 0 radical (unpaired) electrons. The smallest absolute Gasteiger partial charge is 0.233 e. The Morgan fingerprint density at radius 3 is 2.58 bits per heavy atom. The average Bonchev–Trinajstić information content (AvgIpc) is 2.05. The van der Waals surface area contributed by atoms with Crippen molar-refractivity contribution in [2.24, 2.45) is 0 Å². The zero-order chi connectivity index (χ0) is 9.14. The largest absolute Gasteiger partial charge is 0.283 e. The van der Waals surface area contributed by atoms with Gasteiger partial charge in [0, 0.05) is 0 Å². The fraction of sp³-hybridized carbons (Fsp3) is 0.143. The van der Waals surface area contributed by atoms with Gasteiger partial charge >= 0.3 is 0 Å². The zero-order valence-electron chi connectivity index (χ0n) is 5.76. The van der Waals surface area contributed by atoms with Crippen LogP contribution in [0.15, 0.2) is 12.1 Å². The third-order valence-electron chi connectivity index (χ3n) is 1.19. The molecule has 62 valence electrons. The van der Waals surface area contributed by atoms with Gasteiger partial charge in [-0.05, 0) is 12.1 Å². The standard InChI is InChI=1S/C7H3F3N2/c8-5-2-1-4(3-11)12-6(5)7(9)10/h1-2,7H. The lowest BCUT2D eigenvalue weighted by atomic mass is 10.3. The van der Waals surface area contributed by atoms with Crippen molar-refractivity contribution in [1.29, 1.82) is 5.26 Å². The van der Waals surface area contributed by atoms with E-state index in [2.05, 4.69) is 4.98 Å². The SMILES string of the molecule is N#Cc1ccc(F)c(C(F)F)n1. The summed E-state index contributed by atoms with van der Waals surface area (Å²) in [4.78, 5) is 3.10. The molecule has 0 aliphatic heterocycles. The molecule has 0 saturated heterocycles. The van der Waals surface area contributed by atoms with E-state index in [0.29, 0.717) is 0 Å². The van der Waals surface area contributed by atoms with Crippen LogP contribution in [0.3, 0.4) is 0 Å². The van der Waals surface area contributed by atoms with Gasteiger partial charge in [0.05, 0.1) is 0 Å². The quantitative estimate of drug-likeness (QED) is 0.649. The first-order chi connectivity index (χ1) is 5.65. The Labute approximate surface area is 66.3 Å². The van der Waals surface area contributed by atoms with Crippen molar-refractivity contribution in [3.05, 3.63) is 29.3 Å². The van der Waals surface area contributed by atoms with Crippen molar-refractivity contribution in [1.82, 2.24) is 4.98 Å². The monoisotopic (exact) mass is 172 g/mol. The number of nitrogens with zero attached hydrogens (tertiary/aromatic N) is 2. The lowest BCUT2D eigenvalue weighted by Crippen LogP contribution is -1.97. The van der Waals surface area contributed by atoms with E-state index in [1.165, 1.54) is 6.07 Å². The second kappa shape index (κ2) is 3.22.